The largest absolute Gasteiger partial charge is 0.469 e. The Morgan fingerprint density at radius 3 is 1.14 bits per heavy atom. The predicted octanol–water partition coefficient (Wildman–Crippen LogP) is 5.55. The fraction of sp³-hybridized carbons (Fsp3) is 0.375. The topological polar surface area (TPSA) is 170 Å². The number of hydrogen-bond donors (Lipinski definition) is 2. The number of anilines is 2. The fourth-order valence-corrected chi connectivity index (χ4v) is 12.3. The smallest absolute Gasteiger partial charge is 0.328 e. The number of amides is 2. The van der Waals surface area contributed by atoms with Gasteiger partial charge in [0.1, 0.15) is 12.1 Å². The molecule has 4 aromatic carbocycles. The minimum Gasteiger partial charge on any atom is -0.469 e. The van der Waals surface area contributed by atoms with Gasteiger partial charge in [0.25, 0.3) is 0 Å². The zero-order valence-electron chi connectivity index (χ0n) is 36.9. The lowest BCUT2D eigenvalue weighted by Crippen LogP contribution is -2.42. The van der Waals surface area contributed by atoms with E-state index in [1.54, 1.807) is 0 Å². The molecule has 1 saturated heterocycles. The van der Waals surface area contributed by atoms with Crippen LogP contribution in [0.2, 0.25) is 0 Å². The maximum Gasteiger partial charge on any atom is 0.328 e. The highest BCUT2D eigenvalue weighted by molar-refractivity contribution is 7.67. The Morgan fingerprint density at radius 2 is 0.828 bits per heavy atom. The number of benzene rings is 4. The Hall–Kier alpha value is -5.84. The molecule has 1 fully saturated rings. The van der Waals surface area contributed by atoms with E-state index >= 15 is 0 Å². The molecule has 0 aliphatic carbocycles. The highest BCUT2D eigenvalue weighted by atomic mass is 31.1. The number of nitrogens with zero attached hydrogens (tertiary/aromatic N) is 2. The van der Waals surface area contributed by atoms with Gasteiger partial charge in [-0.1, -0.05) is 84.9 Å². The number of hydrogen-bond acceptors (Lipinski definition) is 12. The van der Waals surface area contributed by atoms with E-state index in [2.05, 4.69) is 127 Å². The molecular formula is C48H58N4O10P2. The molecule has 64 heavy (non-hydrogen) atoms. The zero-order chi connectivity index (χ0) is 45.8. The summed E-state index contributed by atoms with van der Waals surface area (Å²) in [6.07, 6.45) is 4.75. The van der Waals surface area contributed by atoms with Crippen LogP contribution in [-0.2, 0) is 60.6 Å². The molecular weight excluding hydrogens is 854 g/mol. The highest BCUT2D eigenvalue weighted by Crippen LogP contribution is 2.48. The van der Waals surface area contributed by atoms with Gasteiger partial charge in [0.05, 0.1) is 28.4 Å². The molecule has 0 saturated carbocycles. The second-order valence-electron chi connectivity index (χ2n) is 15.2. The molecule has 1 heterocycles. The number of rotatable bonds is 20. The van der Waals surface area contributed by atoms with Gasteiger partial charge in [-0.25, -0.2) is 9.59 Å². The molecule has 4 aromatic rings. The first-order valence-electron chi connectivity index (χ1n) is 21.2. The normalized spacial score (nSPS) is 15.9. The van der Waals surface area contributed by atoms with E-state index in [0.717, 1.165) is 47.6 Å². The van der Waals surface area contributed by atoms with Crippen LogP contribution >= 0.6 is 15.8 Å². The number of methoxy groups -OCH3 is 4. The maximum absolute atomic E-state index is 12.9. The van der Waals surface area contributed by atoms with Gasteiger partial charge in [-0.15, -0.1) is 0 Å². The average Bonchev–Trinajstić information content (AvgIpc) is 3.33. The van der Waals surface area contributed by atoms with E-state index in [1.807, 2.05) is 12.1 Å². The summed E-state index contributed by atoms with van der Waals surface area (Å²) in [5.41, 5.74) is 4.19. The van der Waals surface area contributed by atoms with E-state index in [1.165, 1.54) is 39.0 Å². The Kier molecular flexibility index (Phi) is 19.6. The third-order valence-electron chi connectivity index (χ3n) is 10.9. The summed E-state index contributed by atoms with van der Waals surface area (Å²) < 4.78 is 19.0. The van der Waals surface area contributed by atoms with Crippen molar-refractivity contribution in [3.63, 3.8) is 0 Å². The molecule has 2 atom stereocenters. The second kappa shape index (κ2) is 25.5. The third-order valence-corrected chi connectivity index (χ3v) is 15.7. The number of carbonyl (C=O) groups is 6. The molecule has 2 N–H and O–H groups in total. The number of esters is 4. The molecule has 0 radical (unpaired) electrons. The first-order valence-corrected chi connectivity index (χ1v) is 24.6. The van der Waals surface area contributed by atoms with Crippen LogP contribution < -0.4 is 31.0 Å². The zero-order valence-corrected chi connectivity index (χ0v) is 38.7. The van der Waals surface area contributed by atoms with E-state index < -0.39 is 51.8 Å². The predicted molar refractivity (Wildman–Crippen MR) is 250 cm³/mol. The first-order chi connectivity index (χ1) is 31.0. The first kappa shape index (κ1) is 49.2. The van der Waals surface area contributed by atoms with Crippen molar-refractivity contribution < 1.29 is 47.7 Å². The van der Waals surface area contributed by atoms with Crippen LogP contribution in [0.15, 0.2) is 109 Å². The van der Waals surface area contributed by atoms with Crippen molar-refractivity contribution in [1.82, 2.24) is 10.6 Å². The van der Waals surface area contributed by atoms with Gasteiger partial charge in [0.15, 0.2) is 0 Å². The summed E-state index contributed by atoms with van der Waals surface area (Å²) in [7, 11) is 3.65. The van der Waals surface area contributed by atoms with E-state index in [-0.39, 0.29) is 50.3 Å². The summed E-state index contributed by atoms with van der Waals surface area (Å²) in [4.78, 5) is 78.7. The van der Waals surface area contributed by atoms with E-state index in [9.17, 15) is 28.8 Å². The van der Waals surface area contributed by atoms with Crippen molar-refractivity contribution in [2.24, 2.45) is 0 Å². The molecule has 5 rings (SSSR count). The van der Waals surface area contributed by atoms with E-state index in [4.69, 9.17) is 9.47 Å². The molecule has 0 aromatic heterocycles. The molecule has 0 unspecified atom stereocenters. The lowest BCUT2D eigenvalue weighted by atomic mass is 10.1. The molecule has 0 bridgehead atoms. The number of ether oxygens (including phenoxy) is 4. The van der Waals surface area contributed by atoms with Crippen LogP contribution in [0.25, 0.3) is 0 Å². The molecule has 340 valence electrons. The lowest BCUT2D eigenvalue weighted by Gasteiger charge is -2.41. The van der Waals surface area contributed by atoms with Crippen LogP contribution in [-0.4, -0.2) is 101 Å². The fourth-order valence-electron chi connectivity index (χ4n) is 7.24. The Balaban J connectivity index is 1.29. The maximum atomic E-state index is 12.9. The van der Waals surface area contributed by atoms with Gasteiger partial charge >= 0.3 is 23.9 Å². The van der Waals surface area contributed by atoms with Gasteiger partial charge < -0.3 is 39.4 Å². The molecule has 0 spiro atoms. The monoisotopic (exact) mass is 912 g/mol. The van der Waals surface area contributed by atoms with Crippen LogP contribution in [0.3, 0.4) is 0 Å². The lowest BCUT2D eigenvalue weighted by molar-refractivity contribution is -0.147. The van der Waals surface area contributed by atoms with Gasteiger partial charge in [0.2, 0.25) is 11.8 Å². The van der Waals surface area contributed by atoms with Crippen LogP contribution in [0.1, 0.15) is 49.7 Å². The minimum absolute atomic E-state index is 0.0197. The minimum atomic E-state index is -0.937. The average molecular weight is 913 g/mol. The summed E-state index contributed by atoms with van der Waals surface area (Å²) >= 11 is 0. The molecule has 2 amide bonds. The van der Waals surface area contributed by atoms with Gasteiger partial charge in [0, 0.05) is 62.2 Å². The molecule has 1 aliphatic rings. The Labute approximate surface area is 377 Å². The molecule has 1 aliphatic heterocycles. The quantitative estimate of drug-likeness (QED) is 0.0646. The van der Waals surface area contributed by atoms with Crippen molar-refractivity contribution >= 4 is 73.5 Å². The van der Waals surface area contributed by atoms with Crippen LogP contribution in [0, 0.1) is 0 Å². The Morgan fingerprint density at radius 1 is 0.484 bits per heavy atom. The number of aryl methyl sites for hydroxylation is 2. The number of carbonyl (C=O) groups excluding carboxylic acids is 6. The van der Waals surface area contributed by atoms with Crippen molar-refractivity contribution in [2.45, 2.75) is 63.5 Å². The van der Waals surface area contributed by atoms with Crippen LogP contribution in [0.5, 0.6) is 0 Å². The van der Waals surface area contributed by atoms with E-state index in [0.29, 0.717) is 12.8 Å². The number of nitrogens with one attached hydrogen (secondary N) is 2. The van der Waals surface area contributed by atoms with Crippen molar-refractivity contribution in [3.8, 4) is 0 Å². The van der Waals surface area contributed by atoms with Crippen molar-refractivity contribution in [1.29, 1.82) is 0 Å². The summed E-state index contributed by atoms with van der Waals surface area (Å²) in [6, 6.07) is 36.2. The SMILES string of the molecule is COC(=O)CC[C@H](NC(=O)CCc1ccc(N2CP(c3ccccc3)CN(c3ccc(CCC(=O)N[C@@H](CCC(=O)OC)C(=O)OC)cc3)CP(c3ccccc3)C2)cc1)C(=O)OC. The van der Waals surface area contributed by atoms with Crippen molar-refractivity contribution in [3.05, 3.63) is 120 Å². The summed E-state index contributed by atoms with van der Waals surface area (Å²) in [5, 5.41) is 8.03. The van der Waals surface area contributed by atoms with Crippen LogP contribution in [0.4, 0.5) is 11.4 Å². The summed E-state index contributed by atoms with van der Waals surface area (Å²) in [5.74, 6) is -2.78. The standard InChI is InChI=1S/C48H58N4O10P2/c1-59-45(55)29-25-41(47(57)61-3)49-43(53)27-19-35-15-21-37(22-16-35)51-31-63(39-11-7-5-8-12-39)33-52(34-64(32-51)40-13-9-6-10-14-40)38-23-17-36(18-24-38)20-28-44(54)50-42(48(58)62-4)26-30-46(56)60-2/h5-18,21-24,41-42H,19-20,25-34H2,1-4H3,(H,49,53)(H,50,54)/t41-,42-,63?,64?/m0/s1. The van der Waals surface area contributed by atoms with Crippen molar-refractivity contribution in [2.75, 3.05) is 63.4 Å². The molecule has 14 nitrogen and oxygen atoms in total. The van der Waals surface area contributed by atoms with Gasteiger partial charge in [-0.05, 0) is 87.5 Å². The molecule has 16 heteroatoms. The third kappa shape index (κ3) is 15.2. The van der Waals surface area contributed by atoms with Gasteiger partial charge in [-0.3, -0.25) is 19.2 Å². The Bertz CT molecular complexity index is 1980. The van der Waals surface area contributed by atoms with Gasteiger partial charge in [-0.2, -0.15) is 0 Å². The summed E-state index contributed by atoms with van der Waals surface area (Å²) in [6.45, 7) is 0. The highest BCUT2D eigenvalue weighted by Gasteiger charge is 2.29. The second-order valence-corrected chi connectivity index (χ2v) is 19.6.